The summed E-state index contributed by atoms with van der Waals surface area (Å²) in [4.78, 5) is 0. The van der Waals surface area contributed by atoms with E-state index in [1.54, 1.807) is 0 Å². The van der Waals surface area contributed by atoms with Crippen LogP contribution in [-0.4, -0.2) is 143 Å². The zero-order chi connectivity index (χ0) is 4.50. The van der Waals surface area contributed by atoms with Crippen LogP contribution in [0.15, 0.2) is 0 Å². The predicted octanol–water partition coefficient (Wildman–Crippen LogP) is -20.9. The molecule has 0 saturated carbocycles. The van der Waals surface area contributed by atoms with Crippen LogP contribution in [0.25, 0.3) is 0 Å². The minimum Gasteiger partial charge on any atom is -1.00 e. The summed E-state index contributed by atoms with van der Waals surface area (Å²) in [6.07, 6.45) is 0. The molecular formula is H32CaClNaO20S. The van der Waals surface area contributed by atoms with E-state index in [-0.39, 0.29) is 167 Å². The maximum atomic E-state index is 8.52. The Balaban J connectivity index is -0.000000000468. The van der Waals surface area contributed by atoms with Crippen molar-refractivity contribution in [2.24, 2.45) is 0 Å². The maximum absolute atomic E-state index is 8.52. The van der Waals surface area contributed by atoms with Gasteiger partial charge >= 0.3 is 67.3 Å². The average Bonchev–Trinajstić information content (AvgIpc) is 0.722. The molecule has 0 unspecified atom stereocenters. The Bertz CT molecular complexity index is 107. The molecule has 0 heterocycles. The second-order valence-electron chi connectivity index (χ2n) is 0.408. The normalized spacial score (nSPS) is 2.42. The largest absolute Gasteiger partial charge is 2.00 e. The molecule has 20 nitrogen and oxygen atoms in total. The molecule has 0 radical (unpaired) electrons. The van der Waals surface area contributed by atoms with Gasteiger partial charge in [-0.3, -0.25) is 8.42 Å². The van der Waals surface area contributed by atoms with Crippen LogP contribution in [0.4, 0.5) is 0 Å². The number of rotatable bonds is 0. The second kappa shape index (κ2) is 232. The van der Waals surface area contributed by atoms with Gasteiger partial charge in [-0.1, -0.05) is 0 Å². The molecule has 0 aliphatic carbocycles. The number of hydrogen-bond donors (Lipinski definition) is 0. The van der Waals surface area contributed by atoms with Crippen molar-refractivity contribution in [3.63, 3.8) is 0 Å². The molecule has 0 aromatic rings. The van der Waals surface area contributed by atoms with Crippen molar-refractivity contribution in [1.29, 1.82) is 0 Å². The zero-order valence-corrected chi connectivity index (χ0v) is 17.9. The fourth-order valence-corrected chi connectivity index (χ4v) is 0. The van der Waals surface area contributed by atoms with E-state index < -0.39 is 10.4 Å². The van der Waals surface area contributed by atoms with E-state index in [2.05, 4.69) is 0 Å². The van der Waals surface area contributed by atoms with Gasteiger partial charge in [0.25, 0.3) is 0 Å². The Kier molecular flexibility index (Phi) is 4570. The third-order valence-electron chi connectivity index (χ3n) is 0. The van der Waals surface area contributed by atoms with Crippen molar-refractivity contribution >= 4 is 48.1 Å². The van der Waals surface area contributed by atoms with Gasteiger partial charge in [0, 0.05) is 10.4 Å². The molecular weight excluding hydrogens is 451 g/mol. The quantitative estimate of drug-likeness (QED) is 0.184. The molecule has 0 rings (SSSR count). The van der Waals surface area contributed by atoms with Crippen molar-refractivity contribution < 1.29 is 147 Å². The molecule has 0 aromatic heterocycles. The van der Waals surface area contributed by atoms with Crippen LogP contribution < -0.4 is 42.0 Å². The third-order valence-corrected chi connectivity index (χ3v) is 0. The molecule has 0 aromatic carbocycles. The predicted molar refractivity (Wildman–Crippen MR) is 74.0 cm³/mol. The molecule has 24 heteroatoms. The van der Waals surface area contributed by atoms with Gasteiger partial charge in [0.2, 0.25) is 0 Å². The van der Waals surface area contributed by atoms with E-state index in [1.807, 2.05) is 0 Å². The van der Waals surface area contributed by atoms with Gasteiger partial charge in [-0.05, 0) is 0 Å². The summed E-state index contributed by atoms with van der Waals surface area (Å²) >= 11 is 0. The fraction of sp³-hybridized carbons (Fsp3) is 0. The van der Waals surface area contributed by atoms with E-state index in [0.29, 0.717) is 0 Å². The van der Waals surface area contributed by atoms with E-state index >= 15 is 0 Å². The first-order valence-corrected chi connectivity index (χ1v) is 2.00. The summed E-state index contributed by atoms with van der Waals surface area (Å²) in [5.74, 6) is 0. The minimum absolute atomic E-state index is 0. The van der Waals surface area contributed by atoms with Crippen molar-refractivity contribution in [1.82, 2.24) is 0 Å². The molecule has 0 amide bonds. The van der Waals surface area contributed by atoms with Gasteiger partial charge < -0.3 is 109 Å². The summed E-state index contributed by atoms with van der Waals surface area (Å²) < 4.78 is 34.1. The van der Waals surface area contributed by atoms with E-state index in [9.17, 15) is 0 Å². The van der Waals surface area contributed by atoms with Gasteiger partial charge in [-0.2, -0.15) is 0 Å². The molecule has 0 bridgehead atoms. The van der Waals surface area contributed by atoms with Crippen LogP contribution >= 0.6 is 0 Å². The Morgan fingerprint density at radius 2 is 0.417 bits per heavy atom. The van der Waals surface area contributed by atoms with Crippen molar-refractivity contribution in [2.45, 2.75) is 0 Å². The first kappa shape index (κ1) is 474. The van der Waals surface area contributed by atoms with E-state index in [1.165, 1.54) is 0 Å². The Hall–Kier alpha value is 1.78. The van der Waals surface area contributed by atoms with Crippen LogP contribution in [0.3, 0.4) is 0 Å². The minimum atomic E-state index is -5.17. The first-order chi connectivity index (χ1) is 2.00. The number of hydrogen-bond acceptors (Lipinski definition) is 4. The van der Waals surface area contributed by atoms with Crippen molar-refractivity contribution in [3.8, 4) is 0 Å². The van der Waals surface area contributed by atoms with Crippen LogP contribution in [0.2, 0.25) is 0 Å². The average molecular weight is 483 g/mol. The van der Waals surface area contributed by atoms with Crippen LogP contribution in [0.5, 0.6) is 0 Å². The molecule has 0 spiro atoms. The molecule has 0 aliphatic rings. The molecule has 0 saturated heterocycles. The Morgan fingerprint density at radius 3 is 0.417 bits per heavy atom. The standard InChI is InChI=1S/Ca.ClH.Na.H2O4S.16H2O/c;;;1-5(2,3)4;;;;;;;;;;;;;;;;/h;1H;;(H2,1,2,3,4);16*1H2/q+2;;+1;;;;;;;;;;;;;;;;;/p-3. The molecule has 0 aliphatic heterocycles. The molecule has 168 valence electrons. The molecule has 24 heavy (non-hydrogen) atoms. The SMILES string of the molecule is O.O.O.O.O.O.O.O.O.O.O.O.O.O.O.O.O=S(=O)([O-])[O-].[Ca+2].[Cl-].[Na+]. The second-order valence-corrected chi connectivity index (χ2v) is 1.22. The van der Waals surface area contributed by atoms with E-state index in [4.69, 9.17) is 17.5 Å². The summed E-state index contributed by atoms with van der Waals surface area (Å²) in [5, 5.41) is 0. The molecule has 32 N–H and O–H groups in total. The van der Waals surface area contributed by atoms with Crippen LogP contribution in [-0.2, 0) is 10.4 Å². The van der Waals surface area contributed by atoms with Gasteiger partial charge in [0.15, 0.2) is 0 Å². The first-order valence-electron chi connectivity index (χ1n) is 0.667. The van der Waals surface area contributed by atoms with Gasteiger partial charge in [-0.25, -0.2) is 0 Å². The monoisotopic (exact) mass is 482 g/mol. The summed E-state index contributed by atoms with van der Waals surface area (Å²) in [7, 11) is -5.17. The van der Waals surface area contributed by atoms with Gasteiger partial charge in [0.1, 0.15) is 0 Å². The van der Waals surface area contributed by atoms with E-state index in [0.717, 1.165) is 0 Å². The third kappa shape index (κ3) is 3900. The summed E-state index contributed by atoms with van der Waals surface area (Å²) in [5.41, 5.74) is 0. The van der Waals surface area contributed by atoms with Crippen LogP contribution in [0.1, 0.15) is 0 Å². The van der Waals surface area contributed by atoms with Crippen molar-refractivity contribution in [3.05, 3.63) is 0 Å². The molecule has 0 atom stereocenters. The fourth-order valence-electron chi connectivity index (χ4n) is 0. The van der Waals surface area contributed by atoms with Gasteiger partial charge in [-0.15, -0.1) is 0 Å². The number of halogens is 1. The van der Waals surface area contributed by atoms with Crippen LogP contribution in [0, 0.1) is 0 Å². The van der Waals surface area contributed by atoms with Gasteiger partial charge in [0.05, 0.1) is 0 Å². The Morgan fingerprint density at radius 1 is 0.417 bits per heavy atom. The van der Waals surface area contributed by atoms with Crippen molar-refractivity contribution in [2.75, 3.05) is 0 Å². The molecule has 0 fully saturated rings. The summed E-state index contributed by atoms with van der Waals surface area (Å²) in [6.45, 7) is 0. The zero-order valence-electron chi connectivity index (χ0n) is 12.1. The summed E-state index contributed by atoms with van der Waals surface area (Å²) in [6, 6.07) is 0. The Labute approximate surface area is 193 Å². The smallest absolute Gasteiger partial charge is 1.00 e. The maximum Gasteiger partial charge on any atom is 2.00 e. The topological polar surface area (TPSA) is 584 Å².